The van der Waals surface area contributed by atoms with E-state index in [-0.39, 0.29) is 17.7 Å². The van der Waals surface area contributed by atoms with Gasteiger partial charge in [0, 0.05) is 17.0 Å². The van der Waals surface area contributed by atoms with Crippen LogP contribution in [0.2, 0.25) is 10.0 Å². The molecule has 1 amide bonds. The molecule has 0 spiro atoms. The minimum Gasteiger partial charge on any atom is -0.508 e. The van der Waals surface area contributed by atoms with Crippen molar-refractivity contribution in [3.63, 3.8) is 0 Å². The number of amides is 1. The van der Waals surface area contributed by atoms with Gasteiger partial charge >= 0.3 is 0 Å². The topological polar surface area (TPSA) is 67.8 Å². The van der Waals surface area contributed by atoms with Gasteiger partial charge < -0.3 is 19.9 Å². The molecular weight excluding hydrogens is 377 g/mol. The Kier molecular flexibility index (Phi) is 7.42. The number of hydrogen-bond acceptors (Lipinski definition) is 4. The van der Waals surface area contributed by atoms with E-state index in [1.807, 2.05) is 0 Å². The van der Waals surface area contributed by atoms with Gasteiger partial charge in [-0.1, -0.05) is 23.2 Å². The first-order valence-electron chi connectivity index (χ1n) is 8.15. The molecule has 1 atom stereocenters. The van der Waals surface area contributed by atoms with E-state index >= 15 is 0 Å². The maximum absolute atomic E-state index is 12.1. The molecule has 0 heterocycles. The van der Waals surface area contributed by atoms with Crippen molar-refractivity contribution in [2.24, 2.45) is 0 Å². The maximum atomic E-state index is 12.1. The largest absolute Gasteiger partial charge is 0.508 e. The van der Waals surface area contributed by atoms with Crippen LogP contribution in [0, 0.1) is 0 Å². The second kappa shape index (κ2) is 9.55. The smallest absolute Gasteiger partial charge is 0.220 e. The van der Waals surface area contributed by atoms with Crippen LogP contribution >= 0.6 is 23.2 Å². The van der Waals surface area contributed by atoms with Crippen molar-refractivity contribution < 1.29 is 19.4 Å². The van der Waals surface area contributed by atoms with Crippen molar-refractivity contribution in [3.05, 3.63) is 52.0 Å². The molecule has 0 aromatic heterocycles. The Morgan fingerprint density at radius 2 is 2.00 bits per heavy atom. The van der Waals surface area contributed by atoms with Crippen molar-refractivity contribution in [2.75, 3.05) is 13.7 Å². The van der Waals surface area contributed by atoms with Crippen molar-refractivity contribution in [1.29, 1.82) is 0 Å². The van der Waals surface area contributed by atoms with Crippen molar-refractivity contribution in [1.82, 2.24) is 5.32 Å². The third-order valence-corrected chi connectivity index (χ3v) is 4.31. The Morgan fingerprint density at radius 3 is 2.69 bits per heavy atom. The summed E-state index contributed by atoms with van der Waals surface area (Å²) in [4.78, 5) is 12.1. The van der Waals surface area contributed by atoms with Gasteiger partial charge in [-0.2, -0.15) is 0 Å². The number of methoxy groups -OCH3 is 1. The average molecular weight is 398 g/mol. The Labute approximate surface area is 162 Å². The van der Waals surface area contributed by atoms with Crippen LogP contribution < -0.4 is 14.8 Å². The fraction of sp³-hybridized carbons (Fsp3) is 0.316. The Bertz CT molecular complexity index is 767. The maximum Gasteiger partial charge on any atom is 0.220 e. The zero-order chi connectivity index (χ0) is 19.1. The van der Waals surface area contributed by atoms with E-state index in [1.165, 1.54) is 0 Å². The number of nitrogens with one attached hydrogen (secondary N) is 1. The highest BCUT2D eigenvalue weighted by atomic mass is 35.5. The number of carbonyl (C=O) groups is 1. The summed E-state index contributed by atoms with van der Waals surface area (Å²) in [5, 5.41) is 13.8. The molecule has 5 nitrogen and oxygen atoms in total. The zero-order valence-corrected chi connectivity index (χ0v) is 16.1. The molecule has 0 saturated carbocycles. The summed E-state index contributed by atoms with van der Waals surface area (Å²) in [7, 11) is 1.55. The fourth-order valence-electron chi connectivity index (χ4n) is 2.40. The first kappa shape index (κ1) is 20.2. The number of carbonyl (C=O) groups excluding carboxylic acids is 1. The zero-order valence-electron chi connectivity index (χ0n) is 14.6. The number of benzene rings is 2. The lowest BCUT2D eigenvalue weighted by molar-refractivity contribution is -0.121. The summed E-state index contributed by atoms with van der Waals surface area (Å²) in [5.41, 5.74) is 0.599. The number of phenols is 1. The lowest BCUT2D eigenvalue weighted by Crippen LogP contribution is -2.26. The van der Waals surface area contributed by atoms with Crippen LogP contribution in [0.3, 0.4) is 0 Å². The van der Waals surface area contributed by atoms with E-state index in [0.29, 0.717) is 46.6 Å². The van der Waals surface area contributed by atoms with Gasteiger partial charge in [0.25, 0.3) is 0 Å². The highest BCUT2D eigenvalue weighted by molar-refractivity contribution is 6.35. The number of ether oxygens (including phenoxy) is 2. The van der Waals surface area contributed by atoms with E-state index in [9.17, 15) is 9.90 Å². The molecule has 0 saturated heterocycles. The summed E-state index contributed by atoms with van der Waals surface area (Å²) in [6, 6.07) is 9.55. The molecule has 0 bridgehead atoms. The molecule has 26 heavy (non-hydrogen) atoms. The predicted molar refractivity (Wildman–Crippen MR) is 102 cm³/mol. The second-order valence-corrected chi connectivity index (χ2v) is 6.58. The minimum absolute atomic E-state index is 0.110. The van der Waals surface area contributed by atoms with Crippen LogP contribution in [0.25, 0.3) is 0 Å². The molecule has 1 unspecified atom stereocenters. The van der Waals surface area contributed by atoms with Gasteiger partial charge in [0.05, 0.1) is 24.8 Å². The number of halogens is 2. The van der Waals surface area contributed by atoms with Gasteiger partial charge in [0.2, 0.25) is 5.91 Å². The van der Waals surface area contributed by atoms with E-state index < -0.39 is 0 Å². The quantitative estimate of drug-likeness (QED) is 0.630. The summed E-state index contributed by atoms with van der Waals surface area (Å²) in [6.45, 7) is 2.16. The monoisotopic (exact) mass is 397 g/mol. The fourth-order valence-corrected chi connectivity index (χ4v) is 2.87. The molecule has 7 heteroatoms. The standard InChI is InChI=1S/C19H21Cl2NO4/c1-12(15-11-14(25-2)6-7-17(15)23)22-19(24)4-3-9-26-18-8-5-13(20)10-16(18)21/h5-8,10-12,23H,3-4,9H2,1-2H3,(H,22,24). The highest BCUT2D eigenvalue weighted by Crippen LogP contribution is 2.29. The average Bonchev–Trinajstić information content (AvgIpc) is 2.60. The van der Waals surface area contributed by atoms with Crippen LogP contribution in [0.5, 0.6) is 17.2 Å². The lowest BCUT2D eigenvalue weighted by Gasteiger charge is -2.16. The SMILES string of the molecule is COc1ccc(O)c(C(C)NC(=O)CCCOc2ccc(Cl)cc2Cl)c1. The first-order valence-corrected chi connectivity index (χ1v) is 8.90. The second-order valence-electron chi connectivity index (χ2n) is 5.74. The number of phenolic OH excluding ortho intramolecular Hbond substituents is 1. The predicted octanol–water partition coefficient (Wildman–Crippen LogP) is 4.74. The minimum atomic E-state index is -0.343. The van der Waals surface area contributed by atoms with Crippen LogP contribution in [0.15, 0.2) is 36.4 Å². The van der Waals surface area contributed by atoms with E-state index in [0.717, 1.165) is 0 Å². The van der Waals surface area contributed by atoms with Gasteiger partial charge in [-0.15, -0.1) is 0 Å². The van der Waals surface area contributed by atoms with Gasteiger partial charge in [-0.3, -0.25) is 4.79 Å². The molecule has 0 aliphatic rings. The molecule has 0 fully saturated rings. The van der Waals surface area contributed by atoms with Crippen molar-refractivity contribution in [2.45, 2.75) is 25.8 Å². The number of hydrogen-bond donors (Lipinski definition) is 2. The molecule has 2 aromatic rings. The van der Waals surface area contributed by atoms with Gasteiger partial charge in [0.1, 0.15) is 17.2 Å². The third-order valence-electron chi connectivity index (χ3n) is 3.78. The molecule has 2 aromatic carbocycles. The van der Waals surface area contributed by atoms with Crippen molar-refractivity contribution in [3.8, 4) is 17.2 Å². The van der Waals surface area contributed by atoms with E-state index in [4.69, 9.17) is 32.7 Å². The molecule has 140 valence electrons. The van der Waals surface area contributed by atoms with Crippen LogP contribution in [0.1, 0.15) is 31.4 Å². The Balaban J connectivity index is 1.79. The molecule has 0 radical (unpaired) electrons. The summed E-state index contributed by atoms with van der Waals surface area (Å²) in [6.07, 6.45) is 0.821. The third kappa shape index (κ3) is 5.71. The first-order chi connectivity index (χ1) is 12.4. The lowest BCUT2D eigenvalue weighted by atomic mass is 10.1. The molecule has 0 aliphatic carbocycles. The van der Waals surface area contributed by atoms with E-state index in [2.05, 4.69) is 5.32 Å². The number of aromatic hydroxyl groups is 1. The molecule has 2 rings (SSSR count). The Morgan fingerprint density at radius 1 is 1.23 bits per heavy atom. The molecular formula is C19H21Cl2NO4. The summed E-state index contributed by atoms with van der Waals surface area (Å²) < 4.78 is 10.7. The van der Waals surface area contributed by atoms with Crippen LogP contribution in [-0.4, -0.2) is 24.7 Å². The summed E-state index contributed by atoms with van der Waals surface area (Å²) >= 11 is 11.9. The Hall–Kier alpha value is -2.11. The van der Waals surface area contributed by atoms with Gasteiger partial charge in [0.15, 0.2) is 0 Å². The van der Waals surface area contributed by atoms with Crippen LogP contribution in [-0.2, 0) is 4.79 Å². The highest BCUT2D eigenvalue weighted by Gasteiger charge is 2.14. The van der Waals surface area contributed by atoms with Gasteiger partial charge in [-0.05, 0) is 49.7 Å². The van der Waals surface area contributed by atoms with Gasteiger partial charge in [-0.25, -0.2) is 0 Å². The molecule has 0 aliphatic heterocycles. The van der Waals surface area contributed by atoms with Crippen molar-refractivity contribution >= 4 is 29.1 Å². The number of rotatable bonds is 8. The normalized spacial score (nSPS) is 11.7. The molecule has 2 N–H and O–H groups in total. The summed E-state index contributed by atoms with van der Waals surface area (Å²) in [5.74, 6) is 1.13. The van der Waals surface area contributed by atoms with E-state index in [1.54, 1.807) is 50.4 Å². The van der Waals surface area contributed by atoms with Crippen LogP contribution in [0.4, 0.5) is 0 Å².